The molecule has 0 atom stereocenters. The van der Waals surface area contributed by atoms with Crippen LogP contribution in [0.1, 0.15) is 51.4 Å². The molecule has 0 spiro atoms. The lowest BCUT2D eigenvalue weighted by atomic mass is 10.1. The van der Waals surface area contributed by atoms with E-state index >= 15 is 0 Å². The van der Waals surface area contributed by atoms with Gasteiger partial charge in [0.2, 0.25) is 0 Å². The molecule has 0 N–H and O–H groups in total. The van der Waals surface area contributed by atoms with Crippen LogP contribution < -0.4 is 4.74 Å². The molecule has 2 rings (SSSR count). The molecule has 0 amide bonds. The number of hydrogen-bond donors (Lipinski definition) is 0. The van der Waals surface area contributed by atoms with E-state index in [1.807, 2.05) is 0 Å². The lowest BCUT2D eigenvalue weighted by Gasteiger charge is -2.07. The van der Waals surface area contributed by atoms with E-state index in [9.17, 15) is 14.9 Å². The second kappa shape index (κ2) is 13.3. The minimum atomic E-state index is -0.471. The van der Waals surface area contributed by atoms with E-state index in [4.69, 9.17) is 11.2 Å². The van der Waals surface area contributed by atoms with Crippen molar-refractivity contribution in [2.75, 3.05) is 0 Å². The maximum absolute atomic E-state index is 12.1. The Balaban J connectivity index is 1.78. The lowest BCUT2D eigenvalue weighted by molar-refractivity contribution is -0.384. The normalized spacial score (nSPS) is 10.7. The molecule has 162 valence electrons. The van der Waals surface area contributed by atoms with E-state index in [0.717, 1.165) is 44.9 Å². The summed E-state index contributed by atoms with van der Waals surface area (Å²) < 4.78 is 6.01. The van der Waals surface area contributed by atoms with Gasteiger partial charge in [0.05, 0.1) is 20.8 Å². The van der Waals surface area contributed by atoms with Gasteiger partial charge in [-0.2, -0.15) is 10.2 Å². The largest absolute Gasteiger partial charge is 0.425 e. The Labute approximate surface area is 190 Å². The fourth-order valence-electron chi connectivity index (χ4n) is 2.77. The standard InChI is InChI=1S/C23H24BrN3O4/c1-2-3-4-5-6-7-8-9-10-23(28)31-22-16-13-19(17-21(22)24)26-25-18-11-14-20(15-12-18)27(29)30/h1,11-17H,3-10H2. The van der Waals surface area contributed by atoms with Gasteiger partial charge in [0.1, 0.15) is 5.75 Å². The summed E-state index contributed by atoms with van der Waals surface area (Å²) in [4.78, 5) is 22.3. The molecule has 0 heterocycles. The Morgan fingerprint density at radius 2 is 1.61 bits per heavy atom. The lowest BCUT2D eigenvalue weighted by Crippen LogP contribution is -2.07. The third-order valence-corrected chi connectivity index (χ3v) is 5.05. The summed E-state index contributed by atoms with van der Waals surface area (Å²) in [6, 6.07) is 10.8. The smallest absolute Gasteiger partial charge is 0.311 e. The highest BCUT2D eigenvalue weighted by Gasteiger charge is 2.09. The number of azo groups is 1. The topological polar surface area (TPSA) is 94.2 Å². The molecule has 0 bridgehead atoms. The number of carbonyl (C=O) groups is 1. The van der Waals surface area contributed by atoms with Crippen LogP contribution in [0.25, 0.3) is 0 Å². The number of unbranched alkanes of at least 4 members (excludes halogenated alkanes) is 6. The predicted molar refractivity (Wildman–Crippen MR) is 123 cm³/mol. The van der Waals surface area contributed by atoms with Gasteiger partial charge in [0.25, 0.3) is 5.69 Å². The fraction of sp³-hybridized carbons (Fsp3) is 0.348. The van der Waals surface area contributed by atoms with Crippen LogP contribution in [-0.4, -0.2) is 10.9 Å². The van der Waals surface area contributed by atoms with Crippen LogP contribution >= 0.6 is 15.9 Å². The molecule has 0 aliphatic heterocycles. The monoisotopic (exact) mass is 485 g/mol. The summed E-state index contributed by atoms with van der Waals surface area (Å²) in [5.74, 6) is 2.79. The van der Waals surface area contributed by atoms with Crippen molar-refractivity contribution in [3.63, 3.8) is 0 Å². The Morgan fingerprint density at radius 3 is 2.26 bits per heavy atom. The number of terminal acetylenes is 1. The second-order valence-electron chi connectivity index (χ2n) is 6.89. The van der Waals surface area contributed by atoms with Crippen LogP contribution in [0.15, 0.2) is 57.2 Å². The molecule has 0 unspecified atom stereocenters. The first-order valence-electron chi connectivity index (χ1n) is 10.1. The highest BCUT2D eigenvalue weighted by molar-refractivity contribution is 9.10. The zero-order valence-electron chi connectivity index (χ0n) is 17.1. The summed E-state index contributed by atoms with van der Waals surface area (Å²) in [6.07, 6.45) is 12.7. The van der Waals surface area contributed by atoms with E-state index in [-0.39, 0.29) is 11.7 Å². The molecule has 8 heteroatoms. The van der Waals surface area contributed by atoms with E-state index in [0.29, 0.717) is 28.0 Å². The number of nitro benzene ring substituents is 1. The van der Waals surface area contributed by atoms with Gasteiger partial charge in [0.15, 0.2) is 0 Å². The van der Waals surface area contributed by atoms with Crippen molar-refractivity contribution < 1.29 is 14.5 Å². The van der Waals surface area contributed by atoms with Gasteiger partial charge in [-0.1, -0.05) is 25.7 Å². The van der Waals surface area contributed by atoms with Crippen molar-refractivity contribution in [3.05, 3.63) is 57.1 Å². The second-order valence-corrected chi connectivity index (χ2v) is 7.74. The first-order chi connectivity index (χ1) is 15.0. The molecule has 0 saturated carbocycles. The molecule has 0 aliphatic rings. The fourth-order valence-corrected chi connectivity index (χ4v) is 3.22. The van der Waals surface area contributed by atoms with Crippen molar-refractivity contribution in [3.8, 4) is 18.1 Å². The highest BCUT2D eigenvalue weighted by atomic mass is 79.9. The number of nitrogens with zero attached hydrogens (tertiary/aromatic N) is 3. The Hall–Kier alpha value is -3.05. The van der Waals surface area contributed by atoms with E-state index in [1.54, 1.807) is 18.2 Å². The molecule has 0 saturated heterocycles. The third-order valence-electron chi connectivity index (χ3n) is 4.43. The number of rotatable bonds is 12. The Kier molecular flexibility index (Phi) is 10.4. The Morgan fingerprint density at radius 1 is 1.00 bits per heavy atom. The molecular weight excluding hydrogens is 462 g/mol. The minimum absolute atomic E-state index is 0.00655. The highest BCUT2D eigenvalue weighted by Crippen LogP contribution is 2.31. The molecule has 0 fully saturated rings. The molecule has 31 heavy (non-hydrogen) atoms. The average molecular weight is 486 g/mol. The van der Waals surface area contributed by atoms with Crippen molar-refractivity contribution in [2.45, 2.75) is 51.4 Å². The maximum Gasteiger partial charge on any atom is 0.311 e. The van der Waals surface area contributed by atoms with E-state index in [2.05, 4.69) is 32.1 Å². The van der Waals surface area contributed by atoms with Gasteiger partial charge in [-0.3, -0.25) is 14.9 Å². The van der Waals surface area contributed by atoms with Crippen molar-refractivity contribution in [1.29, 1.82) is 0 Å². The number of carbonyl (C=O) groups excluding carboxylic acids is 1. The van der Waals surface area contributed by atoms with Gasteiger partial charge in [0, 0.05) is 25.0 Å². The quantitative estimate of drug-likeness (QED) is 0.0593. The van der Waals surface area contributed by atoms with Crippen molar-refractivity contribution in [2.24, 2.45) is 10.2 Å². The van der Waals surface area contributed by atoms with Crippen LogP contribution in [-0.2, 0) is 4.79 Å². The number of non-ortho nitro benzene ring substituents is 1. The molecule has 2 aromatic rings. The molecule has 2 aromatic carbocycles. The van der Waals surface area contributed by atoms with Crippen LogP contribution in [0.4, 0.5) is 17.1 Å². The van der Waals surface area contributed by atoms with Gasteiger partial charge < -0.3 is 4.74 Å². The SMILES string of the molecule is C#CCCCCCCCCC(=O)Oc1ccc(N=Nc2ccc([N+](=O)[O-])cc2)cc1Br. The van der Waals surface area contributed by atoms with Crippen LogP contribution in [0.3, 0.4) is 0 Å². The summed E-state index contributed by atoms with van der Waals surface area (Å²) in [6.45, 7) is 0. The van der Waals surface area contributed by atoms with Gasteiger partial charge in [-0.15, -0.1) is 12.3 Å². The zero-order chi connectivity index (χ0) is 22.5. The first-order valence-corrected chi connectivity index (χ1v) is 10.9. The average Bonchev–Trinajstić information content (AvgIpc) is 2.76. The Bertz CT molecular complexity index is 952. The number of halogens is 1. The van der Waals surface area contributed by atoms with E-state index in [1.165, 1.54) is 24.3 Å². The molecule has 0 radical (unpaired) electrons. The summed E-state index contributed by atoms with van der Waals surface area (Å²) in [5.41, 5.74) is 1.04. The number of esters is 1. The predicted octanol–water partition coefficient (Wildman–Crippen LogP) is 7.43. The van der Waals surface area contributed by atoms with Gasteiger partial charge >= 0.3 is 5.97 Å². The molecule has 0 aromatic heterocycles. The number of ether oxygens (including phenoxy) is 1. The maximum atomic E-state index is 12.1. The van der Waals surface area contributed by atoms with Gasteiger partial charge in [-0.25, -0.2) is 0 Å². The number of nitro groups is 1. The van der Waals surface area contributed by atoms with Crippen LogP contribution in [0.2, 0.25) is 0 Å². The van der Waals surface area contributed by atoms with Crippen LogP contribution in [0.5, 0.6) is 5.75 Å². The minimum Gasteiger partial charge on any atom is -0.425 e. The number of benzene rings is 2. The van der Waals surface area contributed by atoms with Crippen molar-refractivity contribution in [1.82, 2.24) is 0 Å². The summed E-state index contributed by atoms with van der Waals surface area (Å²) in [7, 11) is 0. The summed E-state index contributed by atoms with van der Waals surface area (Å²) >= 11 is 3.38. The van der Waals surface area contributed by atoms with Crippen molar-refractivity contribution >= 4 is 39.0 Å². The third kappa shape index (κ3) is 9.09. The summed E-state index contributed by atoms with van der Waals surface area (Å²) in [5, 5.41) is 18.8. The van der Waals surface area contributed by atoms with Gasteiger partial charge in [-0.05, 0) is 59.1 Å². The van der Waals surface area contributed by atoms with E-state index < -0.39 is 4.92 Å². The van der Waals surface area contributed by atoms with Crippen LogP contribution in [0, 0.1) is 22.5 Å². The zero-order valence-corrected chi connectivity index (χ0v) is 18.7. The molecular formula is C23H24BrN3O4. The number of hydrogen-bond acceptors (Lipinski definition) is 6. The molecule has 0 aliphatic carbocycles. The molecule has 7 nitrogen and oxygen atoms in total. The first kappa shape index (κ1) is 24.2.